The molecule has 1 saturated carbocycles. The number of hydrogen-bond donors (Lipinski definition) is 1. The van der Waals surface area contributed by atoms with Crippen LogP contribution in [0, 0.1) is 11.6 Å². The second-order valence-electron chi connectivity index (χ2n) is 4.47. The van der Waals surface area contributed by atoms with Gasteiger partial charge in [-0.1, -0.05) is 0 Å². The lowest BCUT2D eigenvalue weighted by Crippen LogP contribution is -2.20. The lowest BCUT2D eigenvalue weighted by atomic mass is 10.1. The molecule has 1 N–H and O–H groups in total. The van der Waals surface area contributed by atoms with Crippen LogP contribution in [0.25, 0.3) is 0 Å². The Balaban J connectivity index is 1.79. The highest BCUT2D eigenvalue weighted by Crippen LogP contribution is 2.18. The van der Waals surface area contributed by atoms with Crippen molar-refractivity contribution in [2.75, 3.05) is 6.54 Å². The summed E-state index contributed by atoms with van der Waals surface area (Å²) in [6.07, 6.45) is 2.88. The molecule has 1 aromatic rings. The van der Waals surface area contributed by atoms with E-state index in [9.17, 15) is 13.6 Å². The molecule has 92 valence electrons. The summed E-state index contributed by atoms with van der Waals surface area (Å²) in [6.45, 7) is 0.654. The van der Waals surface area contributed by atoms with Crippen molar-refractivity contribution in [1.82, 2.24) is 5.32 Å². The van der Waals surface area contributed by atoms with Gasteiger partial charge < -0.3 is 5.32 Å². The van der Waals surface area contributed by atoms with Crippen LogP contribution in [0.4, 0.5) is 8.78 Å². The molecule has 0 aromatic heterocycles. The van der Waals surface area contributed by atoms with Crippen LogP contribution >= 0.6 is 0 Å². The summed E-state index contributed by atoms with van der Waals surface area (Å²) in [4.78, 5) is 11.6. The molecular weight excluding hydrogens is 224 g/mol. The minimum Gasteiger partial charge on any atom is -0.314 e. The first kappa shape index (κ1) is 12.2. The van der Waals surface area contributed by atoms with Gasteiger partial charge in [0.1, 0.15) is 17.4 Å². The largest absolute Gasteiger partial charge is 0.314 e. The van der Waals surface area contributed by atoms with Crippen LogP contribution in [-0.2, 0) is 11.2 Å². The Labute approximate surface area is 99.0 Å². The number of rotatable bonds is 6. The van der Waals surface area contributed by atoms with Crippen molar-refractivity contribution in [2.45, 2.75) is 31.7 Å². The van der Waals surface area contributed by atoms with Gasteiger partial charge in [0.2, 0.25) is 0 Å². The summed E-state index contributed by atoms with van der Waals surface area (Å²) in [5.41, 5.74) is 0.402. The standard InChI is InChI=1S/C13H15F2NO/c14-10-5-9(6-11(15)8-10)7-13(17)3-4-16-12-1-2-12/h5-6,8,12,16H,1-4,7H2. The van der Waals surface area contributed by atoms with Gasteiger partial charge in [-0.05, 0) is 30.5 Å². The molecule has 0 saturated heterocycles. The highest BCUT2D eigenvalue weighted by molar-refractivity contribution is 5.81. The quantitative estimate of drug-likeness (QED) is 0.824. The van der Waals surface area contributed by atoms with Crippen molar-refractivity contribution >= 4 is 5.78 Å². The number of carbonyl (C=O) groups is 1. The molecule has 0 spiro atoms. The molecule has 2 nitrogen and oxygen atoms in total. The van der Waals surface area contributed by atoms with Crippen LogP contribution in [0.5, 0.6) is 0 Å². The van der Waals surface area contributed by atoms with E-state index < -0.39 is 11.6 Å². The molecule has 0 bridgehead atoms. The fraction of sp³-hybridized carbons (Fsp3) is 0.462. The van der Waals surface area contributed by atoms with E-state index in [1.807, 2.05) is 0 Å². The number of hydrogen-bond acceptors (Lipinski definition) is 2. The zero-order valence-corrected chi connectivity index (χ0v) is 9.51. The molecule has 2 rings (SSSR count). The van der Waals surface area contributed by atoms with Crippen LogP contribution in [0.15, 0.2) is 18.2 Å². The predicted octanol–water partition coefficient (Wildman–Crippen LogP) is 2.22. The Kier molecular flexibility index (Phi) is 3.84. The van der Waals surface area contributed by atoms with Gasteiger partial charge in [0, 0.05) is 31.5 Å². The second kappa shape index (κ2) is 5.36. The molecule has 1 aromatic carbocycles. The van der Waals surface area contributed by atoms with Gasteiger partial charge in [-0.2, -0.15) is 0 Å². The third-order valence-electron chi connectivity index (χ3n) is 2.74. The van der Waals surface area contributed by atoms with E-state index in [4.69, 9.17) is 0 Å². The molecule has 0 aliphatic heterocycles. The molecule has 1 aliphatic rings. The van der Waals surface area contributed by atoms with Crippen molar-refractivity contribution < 1.29 is 13.6 Å². The fourth-order valence-electron chi connectivity index (χ4n) is 1.73. The van der Waals surface area contributed by atoms with E-state index in [-0.39, 0.29) is 12.2 Å². The molecule has 17 heavy (non-hydrogen) atoms. The number of benzene rings is 1. The van der Waals surface area contributed by atoms with Crippen LogP contribution in [0.3, 0.4) is 0 Å². The smallest absolute Gasteiger partial charge is 0.138 e. The summed E-state index contributed by atoms with van der Waals surface area (Å²) in [6, 6.07) is 3.79. The summed E-state index contributed by atoms with van der Waals surface area (Å²) >= 11 is 0. The molecular formula is C13H15F2NO. The van der Waals surface area contributed by atoms with Crippen LogP contribution < -0.4 is 5.32 Å². The maximum absolute atomic E-state index is 12.9. The Morgan fingerprint density at radius 2 is 1.88 bits per heavy atom. The molecule has 0 atom stereocenters. The Bertz CT molecular complexity index is 396. The minimum atomic E-state index is -0.635. The summed E-state index contributed by atoms with van der Waals surface area (Å²) in [5.74, 6) is -1.27. The molecule has 0 heterocycles. The van der Waals surface area contributed by atoms with Crippen molar-refractivity contribution in [3.8, 4) is 0 Å². The number of halogens is 2. The van der Waals surface area contributed by atoms with Gasteiger partial charge >= 0.3 is 0 Å². The number of carbonyl (C=O) groups excluding carboxylic acids is 1. The van der Waals surface area contributed by atoms with Crippen molar-refractivity contribution in [1.29, 1.82) is 0 Å². The van der Waals surface area contributed by atoms with Crippen LogP contribution in [-0.4, -0.2) is 18.4 Å². The highest BCUT2D eigenvalue weighted by Gasteiger charge is 2.20. The third-order valence-corrected chi connectivity index (χ3v) is 2.74. The van der Waals surface area contributed by atoms with Gasteiger partial charge in [-0.25, -0.2) is 8.78 Å². The Hall–Kier alpha value is -1.29. The number of nitrogens with one attached hydrogen (secondary N) is 1. The lowest BCUT2D eigenvalue weighted by Gasteiger charge is -2.03. The predicted molar refractivity (Wildman–Crippen MR) is 60.7 cm³/mol. The molecule has 0 unspecified atom stereocenters. The first-order valence-corrected chi connectivity index (χ1v) is 5.83. The van der Waals surface area contributed by atoms with E-state index in [2.05, 4.69) is 5.32 Å². The summed E-state index contributed by atoms with van der Waals surface area (Å²) in [5, 5.41) is 3.23. The topological polar surface area (TPSA) is 29.1 Å². The zero-order valence-electron chi connectivity index (χ0n) is 9.51. The van der Waals surface area contributed by atoms with E-state index >= 15 is 0 Å². The first-order chi connectivity index (χ1) is 8.13. The SMILES string of the molecule is O=C(CCNC1CC1)Cc1cc(F)cc(F)c1. The van der Waals surface area contributed by atoms with Gasteiger partial charge in [-0.15, -0.1) is 0 Å². The highest BCUT2D eigenvalue weighted by atomic mass is 19.1. The lowest BCUT2D eigenvalue weighted by molar-refractivity contribution is -0.118. The zero-order chi connectivity index (χ0) is 12.3. The van der Waals surface area contributed by atoms with Crippen LogP contribution in [0.2, 0.25) is 0 Å². The molecule has 1 fully saturated rings. The summed E-state index contributed by atoms with van der Waals surface area (Å²) in [7, 11) is 0. The maximum Gasteiger partial charge on any atom is 0.138 e. The Morgan fingerprint density at radius 1 is 1.24 bits per heavy atom. The molecule has 1 aliphatic carbocycles. The van der Waals surface area contributed by atoms with Crippen molar-refractivity contribution in [3.05, 3.63) is 35.4 Å². The average Bonchev–Trinajstić information content (AvgIpc) is 2.99. The first-order valence-electron chi connectivity index (χ1n) is 5.83. The monoisotopic (exact) mass is 239 g/mol. The third kappa shape index (κ3) is 4.23. The van der Waals surface area contributed by atoms with Gasteiger partial charge in [0.05, 0.1) is 0 Å². The Morgan fingerprint density at radius 3 is 2.47 bits per heavy atom. The van der Waals surface area contributed by atoms with E-state index in [0.717, 1.165) is 6.07 Å². The average molecular weight is 239 g/mol. The summed E-state index contributed by atoms with van der Waals surface area (Å²) < 4.78 is 25.8. The van der Waals surface area contributed by atoms with Gasteiger partial charge in [-0.3, -0.25) is 4.79 Å². The van der Waals surface area contributed by atoms with Crippen LogP contribution in [0.1, 0.15) is 24.8 Å². The van der Waals surface area contributed by atoms with E-state index in [0.29, 0.717) is 24.6 Å². The second-order valence-corrected chi connectivity index (χ2v) is 4.47. The fourth-order valence-corrected chi connectivity index (χ4v) is 1.73. The molecule has 4 heteroatoms. The van der Waals surface area contributed by atoms with E-state index in [1.165, 1.54) is 25.0 Å². The minimum absolute atomic E-state index is 0.00292. The number of Topliss-reactive ketones (excluding diaryl/α,β-unsaturated/α-hetero) is 1. The van der Waals surface area contributed by atoms with Crippen molar-refractivity contribution in [3.63, 3.8) is 0 Å². The number of ketones is 1. The molecule has 0 radical (unpaired) electrons. The van der Waals surface area contributed by atoms with E-state index in [1.54, 1.807) is 0 Å². The van der Waals surface area contributed by atoms with Gasteiger partial charge in [0.15, 0.2) is 0 Å². The van der Waals surface area contributed by atoms with Crippen molar-refractivity contribution in [2.24, 2.45) is 0 Å². The maximum atomic E-state index is 12.9. The molecule has 0 amide bonds. The normalized spacial score (nSPS) is 14.9. The van der Waals surface area contributed by atoms with Gasteiger partial charge in [0.25, 0.3) is 0 Å².